The largest absolute Gasteiger partial charge is 0.405 e. The zero-order chi connectivity index (χ0) is 18.2. The van der Waals surface area contributed by atoms with Crippen LogP contribution in [0.15, 0.2) is 0 Å². The fourth-order valence-corrected chi connectivity index (χ4v) is 2.50. The quantitative estimate of drug-likeness (QED) is 0.595. The minimum atomic E-state index is -4.39. The number of hydrogen-bond acceptors (Lipinski definition) is 4. The van der Waals surface area contributed by atoms with E-state index in [1.165, 1.54) is 4.90 Å². The monoisotopic (exact) mass is 352 g/mol. The van der Waals surface area contributed by atoms with E-state index < -0.39 is 24.7 Å². The molecule has 6 nitrogen and oxygen atoms in total. The second-order valence-electron chi connectivity index (χ2n) is 6.35. The van der Waals surface area contributed by atoms with Gasteiger partial charge in [-0.15, -0.1) is 0 Å². The van der Waals surface area contributed by atoms with E-state index in [1.54, 1.807) is 0 Å². The average Bonchev–Trinajstić information content (AvgIpc) is 2.46. The van der Waals surface area contributed by atoms with Crippen molar-refractivity contribution in [2.75, 3.05) is 39.3 Å². The topological polar surface area (TPSA) is 73.5 Å². The van der Waals surface area contributed by atoms with Gasteiger partial charge in [-0.25, -0.2) is 0 Å². The highest BCUT2D eigenvalue weighted by Gasteiger charge is 2.43. The molecule has 0 bridgehead atoms. The van der Waals surface area contributed by atoms with Crippen molar-refractivity contribution in [2.45, 2.75) is 38.9 Å². The lowest BCUT2D eigenvalue weighted by molar-refractivity contribution is -0.184. The summed E-state index contributed by atoms with van der Waals surface area (Å²) >= 11 is 0. The fourth-order valence-electron chi connectivity index (χ4n) is 2.50. The molecule has 1 rings (SSSR count). The summed E-state index contributed by atoms with van der Waals surface area (Å²) in [6, 6.07) is -1.68. The zero-order valence-electron chi connectivity index (χ0n) is 14.2. The number of nitrogens with one attached hydrogen (secondary N) is 3. The van der Waals surface area contributed by atoms with Crippen LogP contribution in [0.3, 0.4) is 0 Å². The van der Waals surface area contributed by atoms with Crippen LogP contribution in [-0.4, -0.2) is 68.2 Å². The predicted octanol–water partition coefficient (Wildman–Crippen LogP) is 0.491. The molecule has 2 amide bonds. The van der Waals surface area contributed by atoms with Gasteiger partial charge in [0.25, 0.3) is 0 Å². The van der Waals surface area contributed by atoms with Crippen LogP contribution in [0.25, 0.3) is 0 Å². The van der Waals surface area contributed by atoms with Gasteiger partial charge in [0.2, 0.25) is 11.8 Å². The highest BCUT2D eigenvalue weighted by atomic mass is 19.4. The first-order valence-corrected chi connectivity index (χ1v) is 8.25. The summed E-state index contributed by atoms with van der Waals surface area (Å²) in [5, 5.41) is 7.92. The van der Waals surface area contributed by atoms with Crippen molar-refractivity contribution in [3.8, 4) is 0 Å². The fraction of sp³-hybridized carbons (Fsp3) is 0.867. The molecule has 9 heteroatoms. The molecular formula is C15H27F3N4O2. The summed E-state index contributed by atoms with van der Waals surface area (Å²) in [6.45, 7) is 5.06. The van der Waals surface area contributed by atoms with Gasteiger partial charge in [0.05, 0.1) is 0 Å². The molecule has 140 valence electrons. The second kappa shape index (κ2) is 9.83. The van der Waals surface area contributed by atoms with E-state index in [9.17, 15) is 22.8 Å². The molecule has 0 aromatic carbocycles. The summed E-state index contributed by atoms with van der Waals surface area (Å²) < 4.78 is 39.5. The molecule has 0 radical (unpaired) electrons. The van der Waals surface area contributed by atoms with Crippen LogP contribution < -0.4 is 16.0 Å². The standard InChI is InChI=1S/C15H27F3N4O2/c1-11(2)9-14(24)20-4-3-13(23)21-10-12(15(16,17)18)22-7-5-19-6-8-22/h11-12,19H,3-10H2,1-2H3,(H,20,24)(H,21,23). The Bertz CT molecular complexity index is 410. The number of carbonyl (C=O) groups is 2. The van der Waals surface area contributed by atoms with Crippen molar-refractivity contribution >= 4 is 11.8 Å². The molecule has 1 aliphatic rings. The van der Waals surface area contributed by atoms with Crippen molar-refractivity contribution in [2.24, 2.45) is 5.92 Å². The van der Waals surface area contributed by atoms with Gasteiger partial charge in [-0.1, -0.05) is 13.8 Å². The van der Waals surface area contributed by atoms with Crippen LogP contribution >= 0.6 is 0 Å². The van der Waals surface area contributed by atoms with E-state index in [2.05, 4.69) is 16.0 Å². The van der Waals surface area contributed by atoms with E-state index in [0.717, 1.165) is 0 Å². The number of piperazine rings is 1. The van der Waals surface area contributed by atoms with Crippen molar-refractivity contribution < 1.29 is 22.8 Å². The molecule has 0 aliphatic carbocycles. The van der Waals surface area contributed by atoms with Crippen LogP contribution in [0, 0.1) is 5.92 Å². The van der Waals surface area contributed by atoms with E-state index in [-0.39, 0.29) is 24.8 Å². The molecule has 1 heterocycles. The minimum Gasteiger partial charge on any atom is -0.356 e. The minimum absolute atomic E-state index is 0.0318. The molecule has 0 saturated carbocycles. The Kier molecular flexibility index (Phi) is 8.47. The summed E-state index contributed by atoms with van der Waals surface area (Å²) in [7, 11) is 0. The molecule has 0 aromatic heterocycles. The van der Waals surface area contributed by atoms with Gasteiger partial charge in [0, 0.05) is 52.1 Å². The van der Waals surface area contributed by atoms with Crippen molar-refractivity contribution in [3.63, 3.8) is 0 Å². The molecule has 3 N–H and O–H groups in total. The molecule has 24 heavy (non-hydrogen) atoms. The normalized spacial score (nSPS) is 17.6. The van der Waals surface area contributed by atoms with Crippen LogP contribution in [0.4, 0.5) is 13.2 Å². The smallest absolute Gasteiger partial charge is 0.356 e. The lowest BCUT2D eigenvalue weighted by atomic mass is 10.1. The molecule has 0 spiro atoms. The van der Waals surface area contributed by atoms with Gasteiger partial charge in [-0.05, 0) is 5.92 Å². The molecule has 1 aliphatic heterocycles. The third-order valence-corrected chi connectivity index (χ3v) is 3.73. The lowest BCUT2D eigenvalue weighted by Crippen LogP contribution is -2.57. The van der Waals surface area contributed by atoms with Gasteiger partial charge in [-0.3, -0.25) is 14.5 Å². The van der Waals surface area contributed by atoms with Crippen LogP contribution in [0.1, 0.15) is 26.7 Å². The first-order chi connectivity index (χ1) is 11.2. The molecule has 1 atom stereocenters. The molecular weight excluding hydrogens is 325 g/mol. The maximum Gasteiger partial charge on any atom is 0.405 e. The maximum absolute atomic E-state index is 13.2. The summed E-state index contributed by atoms with van der Waals surface area (Å²) in [4.78, 5) is 24.5. The highest BCUT2D eigenvalue weighted by Crippen LogP contribution is 2.24. The van der Waals surface area contributed by atoms with Gasteiger partial charge in [0.15, 0.2) is 0 Å². The molecule has 1 fully saturated rings. The number of carbonyl (C=O) groups excluding carboxylic acids is 2. The number of alkyl halides is 3. The van der Waals surface area contributed by atoms with Crippen molar-refractivity contribution in [3.05, 3.63) is 0 Å². The van der Waals surface area contributed by atoms with Gasteiger partial charge >= 0.3 is 6.18 Å². The second-order valence-corrected chi connectivity index (χ2v) is 6.35. The first kappa shape index (κ1) is 20.7. The third-order valence-electron chi connectivity index (χ3n) is 3.73. The number of nitrogens with zero attached hydrogens (tertiary/aromatic N) is 1. The number of hydrogen-bond donors (Lipinski definition) is 3. The van der Waals surface area contributed by atoms with E-state index in [1.807, 2.05) is 13.8 Å². The van der Waals surface area contributed by atoms with Gasteiger partial charge < -0.3 is 16.0 Å². The Balaban J connectivity index is 2.35. The highest BCUT2D eigenvalue weighted by molar-refractivity contribution is 5.79. The predicted molar refractivity (Wildman–Crippen MR) is 84.4 cm³/mol. The van der Waals surface area contributed by atoms with Gasteiger partial charge in [0.1, 0.15) is 6.04 Å². The Hall–Kier alpha value is -1.35. The first-order valence-electron chi connectivity index (χ1n) is 8.25. The summed E-state index contributed by atoms with van der Waals surface area (Å²) in [6.07, 6.45) is -4.06. The van der Waals surface area contributed by atoms with E-state index in [4.69, 9.17) is 0 Å². The average molecular weight is 352 g/mol. The summed E-state index contributed by atoms with van der Waals surface area (Å²) in [5.41, 5.74) is 0. The SMILES string of the molecule is CC(C)CC(=O)NCCC(=O)NCC(N1CCNCC1)C(F)(F)F. The number of amides is 2. The van der Waals surface area contributed by atoms with E-state index in [0.29, 0.717) is 32.6 Å². The summed E-state index contributed by atoms with van der Waals surface area (Å²) in [5.74, 6) is -0.443. The Morgan fingerprint density at radius 3 is 2.29 bits per heavy atom. The van der Waals surface area contributed by atoms with Crippen LogP contribution in [-0.2, 0) is 9.59 Å². The zero-order valence-corrected chi connectivity index (χ0v) is 14.2. The van der Waals surface area contributed by atoms with E-state index >= 15 is 0 Å². The lowest BCUT2D eigenvalue weighted by Gasteiger charge is -2.35. The Morgan fingerprint density at radius 1 is 1.12 bits per heavy atom. The number of halogens is 3. The van der Waals surface area contributed by atoms with Gasteiger partial charge in [-0.2, -0.15) is 13.2 Å². The Labute approximate surface area is 140 Å². The third kappa shape index (κ3) is 7.96. The van der Waals surface area contributed by atoms with Crippen molar-refractivity contribution in [1.29, 1.82) is 0 Å². The maximum atomic E-state index is 13.2. The molecule has 1 unspecified atom stereocenters. The van der Waals surface area contributed by atoms with Crippen LogP contribution in [0.5, 0.6) is 0 Å². The van der Waals surface area contributed by atoms with Crippen LogP contribution in [0.2, 0.25) is 0 Å². The molecule has 1 saturated heterocycles. The number of rotatable bonds is 8. The molecule has 0 aromatic rings. The Morgan fingerprint density at radius 2 is 1.75 bits per heavy atom. The van der Waals surface area contributed by atoms with Crippen molar-refractivity contribution in [1.82, 2.24) is 20.9 Å².